The number of hydrogen-bond donors (Lipinski definition) is 1. The fraction of sp³-hybridized carbons (Fsp3) is 0.238. The molecule has 0 aliphatic carbocycles. The van der Waals surface area contributed by atoms with Crippen LogP contribution in [0.1, 0.15) is 22.9 Å². The van der Waals surface area contributed by atoms with Crippen molar-refractivity contribution in [1.29, 1.82) is 0 Å². The number of hydrogen-bond acceptors (Lipinski definition) is 4. The normalized spacial score (nSPS) is 16.0. The number of sulfonamides is 1. The van der Waals surface area contributed by atoms with E-state index in [9.17, 15) is 8.42 Å². The summed E-state index contributed by atoms with van der Waals surface area (Å²) >= 11 is 0. The van der Waals surface area contributed by atoms with Gasteiger partial charge in [-0.2, -0.15) is 0 Å². The molecule has 2 heterocycles. The second-order valence-electron chi connectivity index (χ2n) is 6.69. The number of rotatable bonds is 6. The van der Waals surface area contributed by atoms with Crippen molar-refractivity contribution in [1.82, 2.24) is 9.62 Å². The lowest BCUT2D eigenvalue weighted by Gasteiger charge is -2.34. The van der Waals surface area contributed by atoms with Gasteiger partial charge in [0.15, 0.2) is 0 Å². The summed E-state index contributed by atoms with van der Waals surface area (Å²) in [5.74, 6) is 0.769. The van der Waals surface area contributed by atoms with Gasteiger partial charge in [0.2, 0.25) is 10.0 Å². The number of nitrogens with zero attached hydrogens (tertiary/aromatic N) is 1. The first-order valence-corrected chi connectivity index (χ1v) is 10.5. The summed E-state index contributed by atoms with van der Waals surface area (Å²) in [5, 5.41) is 0. The van der Waals surface area contributed by atoms with Crippen LogP contribution in [0.25, 0.3) is 0 Å². The highest BCUT2D eigenvalue weighted by atomic mass is 32.2. The van der Waals surface area contributed by atoms with Crippen molar-refractivity contribution in [2.45, 2.75) is 23.9 Å². The highest BCUT2D eigenvalue weighted by molar-refractivity contribution is 7.89. The largest absolute Gasteiger partial charge is 0.468 e. The van der Waals surface area contributed by atoms with Crippen LogP contribution in [-0.4, -0.2) is 26.4 Å². The van der Waals surface area contributed by atoms with E-state index in [0.717, 1.165) is 25.3 Å². The van der Waals surface area contributed by atoms with Gasteiger partial charge in [-0.25, -0.2) is 13.1 Å². The summed E-state index contributed by atoms with van der Waals surface area (Å²) in [7, 11) is -3.56. The van der Waals surface area contributed by atoms with Crippen LogP contribution in [0.15, 0.2) is 82.3 Å². The van der Waals surface area contributed by atoms with Gasteiger partial charge in [0.1, 0.15) is 5.76 Å². The Bertz CT molecular complexity index is 985. The predicted molar refractivity (Wildman–Crippen MR) is 104 cm³/mol. The van der Waals surface area contributed by atoms with E-state index in [2.05, 4.69) is 27.8 Å². The minimum Gasteiger partial charge on any atom is -0.468 e. The van der Waals surface area contributed by atoms with E-state index in [0.29, 0.717) is 0 Å². The second-order valence-corrected chi connectivity index (χ2v) is 8.45. The van der Waals surface area contributed by atoms with Crippen LogP contribution in [0, 0.1) is 0 Å². The quantitative estimate of drug-likeness (QED) is 0.710. The van der Waals surface area contributed by atoms with E-state index < -0.39 is 10.0 Å². The first kappa shape index (κ1) is 18.0. The third-order valence-electron chi connectivity index (χ3n) is 4.99. The topological polar surface area (TPSA) is 62.6 Å². The van der Waals surface area contributed by atoms with Crippen molar-refractivity contribution < 1.29 is 12.8 Å². The lowest BCUT2D eigenvalue weighted by Crippen LogP contribution is -2.40. The van der Waals surface area contributed by atoms with Gasteiger partial charge in [-0.05, 0) is 41.8 Å². The molecule has 0 unspecified atom stereocenters. The van der Waals surface area contributed by atoms with Crippen LogP contribution in [-0.2, 0) is 23.0 Å². The SMILES string of the molecule is O=S(=O)(NC[C@@H](c1ccco1)N1CCc2ccccc2C1)c1ccccc1. The fourth-order valence-electron chi connectivity index (χ4n) is 3.55. The van der Waals surface area contributed by atoms with Gasteiger partial charge in [-0.3, -0.25) is 4.90 Å². The molecule has 0 radical (unpaired) electrons. The highest BCUT2D eigenvalue weighted by Crippen LogP contribution is 2.28. The molecule has 0 fully saturated rings. The summed E-state index contributed by atoms with van der Waals surface area (Å²) < 4.78 is 33.6. The maximum atomic E-state index is 12.6. The van der Waals surface area contributed by atoms with Gasteiger partial charge in [-0.1, -0.05) is 42.5 Å². The second kappa shape index (κ2) is 7.68. The summed E-state index contributed by atoms with van der Waals surface area (Å²) in [6.07, 6.45) is 2.57. The van der Waals surface area contributed by atoms with Crippen molar-refractivity contribution in [3.8, 4) is 0 Å². The standard InChI is InChI=1S/C21H22N2O3S/c24-27(25,19-9-2-1-3-10-19)22-15-20(21-11-6-14-26-21)23-13-12-17-7-4-5-8-18(17)16-23/h1-11,14,20,22H,12-13,15-16H2/t20-/m0/s1. The van der Waals surface area contributed by atoms with Gasteiger partial charge in [0, 0.05) is 19.6 Å². The molecule has 0 amide bonds. The van der Waals surface area contributed by atoms with Gasteiger partial charge in [-0.15, -0.1) is 0 Å². The zero-order valence-electron chi connectivity index (χ0n) is 14.9. The monoisotopic (exact) mass is 382 g/mol. The van der Waals surface area contributed by atoms with Crippen LogP contribution in [0.3, 0.4) is 0 Å². The average molecular weight is 382 g/mol. The van der Waals surface area contributed by atoms with Gasteiger partial charge in [0.25, 0.3) is 0 Å². The van der Waals surface area contributed by atoms with Crippen molar-refractivity contribution in [3.05, 3.63) is 89.9 Å². The molecule has 3 aromatic rings. The molecule has 27 heavy (non-hydrogen) atoms. The fourth-order valence-corrected chi connectivity index (χ4v) is 4.61. The molecule has 1 aromatic heterocycles. The third kappa shape index (κ3) is 3.98. The smallest absolute Gasteiger partial charge is 0.240 e. The molecule has 1 aliphatic heterocycles. The van der Waals surface area contributed by atoms with Crippen LogP contribution in [0.2, 0.25) is 0 Å². The molecule has 1 N–H and O–H groups in total. The molecule has 1 aliphatic rings. The zero-order valence-corrected chi connectivity index (χ0v) is 15.7. The van der Waals surface area contributed by atoms with E-state index >= 15 is 0 Å². The molecule has 0 spiro atoms. The van der Waals surface area contributed by atoms with Gasteiger partial charge >= 0.3 is 0 Å². The Morgan fingerprint density at radius 3 is 2.44 bits per heavy atom. The Hall–Kier alpha value is -2.41. The molecule has 1 atom stereocenters. The predicted octanol–water partition coefficient (Wildman–Crippen LogP) is 3.36. The van der Waals surface area contributed by atoms with Gasteiger partial charge < -0.3 is 4.42 Å². The Morgan fingerprint density at radius 2 is 1.70 bits per heavy atom. The number of benzene rings is 2. The van der Waals surface area contributed by atoms with Crippen molar-refractivity contribution in [2.24, 2.45) is 0 Å². The molecule has 6 heteroatoms. The summed E-state index contributed by atoms with van der Waals surface area (Å²) in [4.78, 5) is 2.54. The van der Waals surface area contributed by atoms with Crippen LogP contribution in [0.4, 0.5) is 0 Å². The minimum absolute atomic E-state index is 0.160. The van der Waals surface area contributed by atoms with E-state index in [1.807, 2.05) is 18.2 Å². The first-order valence-electron chi connectivity index (χ1n) is 9.02. The number of furan rings is 1. The Balaban J connectivity index is 1.55. The maximum Gasteiger partial charge on any atom is 0.240 e. The first-order chi connectivity index (χ1) is 13.1. The van der Waals surface area contributed by atoms with Crippen LogP contribution < -0.4 is 4.72 Å². The van der Waals surface area contributed by atoms with E-state index in [-0.39, 0.29) is 17.5 Å². The number of fused-ring (bicyclic) bond motifs is 1. The lowest BCUT2D eigenvalue weighted by atomic mass is 9.98. The Morgan fingerprint density at radius 1 is 0.963 bits per heavy atom. The molecule has 2 aromatic carbocycles. The maximum absolute atomic E-state index is 12.6. The molecular formula is C21H22N2O3S. The van der Waals surface area contributed by atoms with E-state index in [4.69, 9.17) is 4.42 Å². The van der Waals surface area contributed by atoms with Crippen LogP contribution in [0.5, 0.6) is 0 Å². The van der Waals surface area contributed by atoms with E-state index in [1.165, 1.54) is 11.1 Å². The van der Waals surface area contributed by atoms with E-state index in [1.54, 1.807) is 36.6 Å². The molecule has 5 nitrogen and oxygen atoms in total. The van der Waals surface area contributed by atoms with Gasteiger partial charge in [0.05, 0.1) is 17.2 Å². The molecule has 0 saturated carbocycles. The molecule has 4 rings (SSSR count). The summed E-state index contributed by atoms with van der Waals surface area (Å²) in [6.45, 7) is 1.89. The molecule has 0 bridgehead atoms. The summed E-state index contributed by atoms with van der Waals surface area (Å²) in [6, 6.07) is 20.4. The van der Waals surface area contributed by atoms with Crippen molar-refractivity contribution in [2.75, 3.05) is 13.1 Å². The van der Waals surface area contributed by atoms with Crippen molar-refractivity contribution >= 4 is 10.0 Å². The van der Waals surface area contributed by atoms with Crippen molar-refractivity contribution in [3.63, 3.8) is 0 Å². The zero-order chi connectivity index (χ0) is 18.7. The lowest BCUT2D eigenvalue weighted by molar-refractivity contribution is 0.160. The molecule has 0 saturated heterocycles. The Labute approximate surface area is 159 Å². The minimum atomic E-state index is -3.56. The highest BCUT2D eigenvalue weighted by Gasteiger charge is 2.28. The summed E-state index contributed by atoms with van der Waals surface area (Å²) in [5.41, 5.74) is 2.64. The molecule has 140 valence electrons. The molecular weight excluding hydrogens is 360 g/mol. The van der Waals surface area contributed by atoms with Crippen LogP contribution >= 0.6 is 0 Å². The Kier molecular flexibility index (Phi) is 5.11. The average Bonchev–Trinajstić information content (AvgIpc) is 3.23. The third-order valence-corrected chi connectivity index (χ3v) is 6.43. The number of nitrogens with one attached hydrogen (secondary N) is 1.